The van der Waals surface area contributed by atoms with Crippen molar-refractivity contribution in [1.82, 2.24) is 4.90 Å². The van der Waals surface area contributed by atoms with Crippen LogP contribution in [0.1, 0.15) is 24.0 Å². The van der Waals surface area contributed by atoms with E-state index in [1.807, 2.05) is 6.07 Å². The summed E-state index contributed by atoms with van der Waals surface area (Å²) in [5, 5.41) is 10.8. The molecule has 4 heteroatoms. The van der Waals surface area contributed by atoms with Crippen LogP contribution in [0.2, 0.25) is 0 Å². The Morgan fingerprint density at radius 3 is 2.78 bits per heavy atom. The van der Waals surface area contributed by atoms with Crippen LogP contribution >= 0.6 is 0 Å². The molecule has 0 aliphatic carbocycles. The molecule has 1 aliphatic heterocycles. The van der Waals surface area contributed by atoms with Gasteiger partial charge in [0.25, 0.3) is 5.69 Å². The number of likely N-dealkylation sites (tertiary alicyclic amines) is 1. The van der Waals surface area contributed by atoms with E-state index in [0.717, 1.165) is 19.6 Å². The molecule has 0 spiro atoms. The first-order valence-corrected chi connectivity index (χ1v) is 6.13. The van der Waals surface area contributed by atoms with Crippen molar-refractivity contribution < 1.29 is 4.92 Å². The van der Waals surface area contributed by atoms with Gasteiger partial charge in [0.2, 0.25) is 0 Å². The summed E-state index contributed by atoms with van der Waals surface area (Å²) < 4.78 is 0. The minimum atomic E-state index is -0.360. The second kappa shape index (κ2) is 5.65. The van der Waals surface area contributed by atoms with Gasteiger partial charge in [-0.2, -0.15) is 0 Å². The number of hydrogen-bond acceptors (Lipinski definition) is 3. The summed E-state index contributed by atoms with van der Waals surface area (Å²) in [6.07, 6.45) is 2.50. The van der Waals surface area contributed by atoms with Crippen molar-refractivity contribution in [2.24, 2.45) is 0 Å². The number of nitro groups is 1. The number of nitro benzene ring substituents is 1. The standard InChI is InChI=1S/C14H16N2O2/c1-12-6-7-13(11-14(12)16(17)18)5-4-10-15-8-2-3-9-15/h6-7,11H,2-3,8-10H2,1H3. The maximum atomic E-state index is 10.8. The van der Waals surface area contributed by atoms with Crippen LogP contribution in [0.4, 0.5) is 5.69 Å². The van der Waals surface area contributed by atoms with E-state index in [4.69, 9.17) is 0 Å². The molecular weight excluding hydrogens is 228 g/mol. The summed E-state index contributed by atoms with van der Waals surface area (Å²) in [5.74, 6) is 6.08. The molecule has 0 bridgehead atoms. The largest absolute Gasteiger partial charge is 0.292 e. The summed E-state index contributed by atoms with van der Waals surface area (Å²) >= 11 is 0. The van der Waals surface area contributed by atoms with E-state index in [9.17, 15) is 10.1 Å². The predicted octanol–water partition coefficient (Wildman–Crippen LogP) is 2.35. The fourth-order valence-electron chi connectivity index (χ4n) is 2.08. The summed E-state index contributed by atoms with van der Waals surface area (Å²) in [5.41, 5.74) is 1.53. The molecule has 1 heterocycles. The molecular formula is C14H16N2O2. The van der Waals surface area contributed by atoms with Crippen LogP contribution in [-0.4, -0.2) is 29.5 Å². The van der Waals surface area contributed by atoms with Crippen molar-refractivity contribution in [3.8, 4) is 11.8 Å². The third kappa shape index (κ3) is 3.08. The van der Waals surface area contributed by atoms with Gasteiger partial charge in [0.15, 0.2) is 0 Å². The Labute approximate surface area is 107 Å². The summed E-state index contributed by atoms with van der Waals surface area (Å²) in [4.78, 5) is 12.7. The number of aryl methyl sites for hydroxylation is 1. The fraction of sp³-hybridized carbons (Fsp3) is 0.429. The van der Waals surface area contributed by atoms with Gasteiger partial charge in [-0.3, -0.25) is 15.0 Å². The Kier molecular flexibility index (Phi) is 3.96. The molecule has 1 saturated heterocycles. The van der Waals surface area contributed by atoms with Crippen LogP contribution in [0.3, 0.4) is 0 Å². The molecule has 1 aromatic rings. The molecule has 4 nitrogen and oxygen atoms in total. The van der Waals surface area contributed by atoms with Crippen LogP contribution in [0.5, 0.6) is 0 Å². The van der Waals surface area contributed by atoms with Gasteiger partial charge < -0.3 is 0 Å². The SMILES string of the molecule is Cc1ccc(C#CCN2CCCC2)cc1[N+](=O)[O-]. The molecule has 0 N–H and O–H groups in total. The zero-order valence-electron chi connectivity index (χ0n) is 10.5. The monoisotopic (exact) mass is 244 g/mol. The van der Waals surface area contributed by atoms with Crippen LogP contribution in [0.15, 0.2) is 18.2 Å². The first kappa shape index (κ1) is 12.6. The minimum absolute atomic E-state index is 0.142. The lowest BCUT2D eigenvalue weighted by Crippen LogP contribution is -2.18. The maximum absolute atomic E-state index is 10.8. The van der Waals surface area contributed by atoms with Gasteiger partial charge >= 0.3 is 0 Å². The van der Waals surface area contributed by atoms with E-state index in [1.54, 1.807) is 19.1 Å². The van der Waals surface area contributed by atoms with E-state index in [-0.39, 0.29) is 10.6 Å². The highest BCUT2D eigenvalue weighted by molar-refractivity contribution is 5.48. The summed E-state index contributed by atoms with van der Waals surface area (Å²) in [6.45, 7) is 4.71. The average molecular weight is 244 g/mol. The second-order valence-electron chi connectivity index (χ2n) is 4.54. The quantitative estimate of drug-likeness (QED) is 0.456. The highest BCUT2D eigenvalue weighted by Gasteiger charge is 2.10. The Morgan fingerprint density at radius 2 is 2.11 bits per heavy atom. The molecule has 1 aliphatic rings. The molecule has 0 saturated carbocycles. The molecule has 1 fully saturated rings. The molecule has 2 rings (SSSR count). The van der Waals surface area contributed by atoms with E-state index in [0.29, 0.717) is 11.1 Å². The van der Waals surface area contributed by atoms with E-state index in [2.05, 4.69) is 16.7 Å². The first-order valence-electron chi connectivity index (χ1n) is 6.13. The summed E-state index contributed by atoms with van der Waals surface area (Å²) in [7, 11) is 0. The van der Waals surface area contributed by atoms with Gasteiger partial charge in [-0.25, -0.2) is 0 Å². The zero-order chi connectivity index (χ0) is 13.0. The van der Waals surface area contributed by atoms with Crippen LogP contribution in [-0.2, 0) is 0 Å². The van der Waals surface area contributed by atoms with Crippen molar-refractivity contribution in [3.05, 3.63) is 39.4 Å². The number of nitrogens with zero attached hydrogens (tertiary/aromatic N) is 2. The number of hydrogen-bond donors (Lipinski definition) is 0. The smallest absolute Gasteiger partial charge is 0.273 e. The molecule has 18 heavy (non-hydrogen) atoms. The third-order valence-electron chi connectivity index (χ3n) is 3.14. The predicted molar refractivity (Wildman–Crippen MR) is 70.4 cm³/mol. The van der Waals surface area contributed by atoms with Gasteiger partial charge in [0.1, 0.15) is 0 Å². The summed E-state index contributed by atoms with van der Waals surface area (Å²) in [6, 6.07) is 5.13. The molecule has 0 unspecified atom stereocenters. The number of rotatable bonds is 2. The Hall–Kier alpha value is -1.86. The second-order valence-corrected chi connectivity index (χ2v) is 4.54. The molecule has 1 aromatic carbocycles. The van der Waals surface area contributed by atoms with Crippen molar-refractivity contribution in [3.63, 3.8) is 0 Å². The van der Waals surface area contributed by atoms with Gasteiger partial charge in [-0.05, 0) is 38.9 Å². The van der Waals surface area contributed by atoms with Crippen LogP contribution in [0.25, 0.3) is 0 Å². The lowest BCUT2D eigenvalue weighted by molar-refractivity contribution is -0.385. The fourth-order valence-corrected chi connectivity index (χ4v) is 2.08. The van der Waals surface area contributed by atoms with Gasteiger partial charge in [0.05, 0.1) is 11.5 Å². The normalized spacial score (nSPS) is 15.2. The Morgan fingerprint density at radius 1 is 1.39 bits per heavy atom. The molecule has 0 atom stereocenters. The molecule has 94 valence electrons. The first-order chi connectivity index (χ1) is 8.66. The molecule has 0 aromatic heterocycles. The van der Waals surface area contributed by atoms with Crippen molar-refractivity contribution >= 4 is 5.69 Å². The lowest BCUT2D eigenvalue weighted by Gasteiger charge is -2.08. The highest BCUT2D eigenvalue weighted by Crippen LogP contribution is 2.18. The number of benzene rings is 1. The van der Waals surface area contributed by atoms with Crippen molar-refractivity contribution in [2.45, 2.75) is 19.8 Å². The maximum Gasteiger partial charge on any atom is 0.273 e. The van der Waals surface area contributed by atoms with Crippen LogP contribution in [0, 0.1) is 28.9 Å². The van der Waals surface area contributed by atoms with Gasteiger partial charge in [-0.15, -0.1) is 0 Å². The van der Waals surface area contributed by atoms with Gasteiger partial charge in [-0.1, -0.05) is 17.9 Å². The van der Waals surface area contributed by atoms with Crippen LogP contribution < -0.4 is 0 Å². The van der Waals surface area contributed by atoms with E-state index < -0.39 is 0 Å². The molecule has 0 radical (unpaired) electrons. The van der Waals surface area contributed by atoms with E-state index >= 15 is 0 Å². The zero-order valence-corrected chi connectivity index (χ0v) is 10.5. The topological polar surface area (TPSA) is 46.4 Å². The minimum Gasteiger partial charge on any atom is -0.292 e. The Balaban J connectivity index is 2.07. The lowest BCUT2D eigenvalue weighted by atomic mass is 10.1. The van der Waals surface area contributed by atoms with E-state index in [1.165, 1.54) is 12.8 Å². The van der Waals surface area contributed by atoms with Crippen molar-refractivity contribution in [1.29, 1.82) is 0 Å². The molecule has 0 amide bonds. The van der Waals surface area contributed by atoms with Gasteiger partial charge in [0, 0.05) is 17.2 Å². The average Bonchev–Trinajstić information content (AvgIpc) is 2.84. The Bertz CT molecular complexity index is 508. The highest BCUT2D eigenvalue weighted by atomic mass is 16.6. The van der Waals surface area contributed by atoms with Crippen molar-refractivity contribution in [2.75, 3.05) is 19.6 Å². The third-order valence-corrected chi connectivity index (χ3v) is 3.14.